The van der Waals surface area contributed by atoms with E-state index >= 15 is 0 Å². The van der Waals surface area contributed by atoms with Gasteiger partial charge < -0.3 is 15.0 Å². The number of piperidine rings is 1. The summed E-state index contributed by atoms with van der Waals surface area (Å²) in [6.45, 7) is 1.35. The SMILES string of the molecule is O=C(O)CC[C@H]1CCCN(C(=O)c2cc(Cl)c[nH]2)C1. The number of carbonyl (C=O) groups excluding carboxylic acids is 1. The first-order chi connectivity index (χ1) is 9.06. The molecule has 1 aliphatic rings. The monoisotopic (exact) mass is 284 g/mol. The van der Waals surface area contributed by atoms with Crippen LogP contribution in [0.3, 0.4) is 0 Å². The number of halogens is 1. The van der Waals surface area contributed by atoms with E-state index < -0.39 is 5.97 Å². The molecule has 1 atom stereocenters. The molecule has 2 heterocycles. The third kappa shape index (κ3) is 3.73. The first-order valence-corrected chi connectivity index (χ1v) is 6.79. The smallest absolute Gasteiger partial charge is 0.303 e. The van der Waals surface area contributed by atoms with Crippen molar-refractivity contribution in [2.45, 2.75) is 25.7 Å². The maximum Gasteiger partial charge on any atom is 0.303 e. The molecule has 1 saturated heterocycles. The van der Waals surface area contributed by atoms with Crippen molar-refractivity contribution in [1.29, 1.82) is 0 Å². The summed E-state index contributed by atoms with van der Waals surface area (Å²) >= 11 is 5.79. The Morgan fingerprint density at radius 3 is 2.95 bits per heavy atom. The fraction of sp³-hybridized carbons (Fsp3) is 0.538. The summed E-state index contributed by atoms with van der Waals surface area (Å²) in [6, 6.07) is 1.62. The number of aromatic nitrogens is 1. The van der Waals surface area contributed by atoms with Gasteiger partial charge in [-0.25, -0.2) is 0 Å². The molecule has 0 spiro atoms. The molecule has 19 heavy (non-hydrogen) atoms. The van der Waals surface area contributed by atoms with Crippen molar-refractivity contribution >= 4 is 23.5 Å². The number of aromatic amines is 1. The number of hydrogen-bond acceptors (Lipinski definition) is 2. The summed E-state index contributed by atoms with van der Waals surface area (Å²) in [6.07, 6.45) is 4.29. The van der Waals surface area contributed by atoms with Crippen molar-refractivity contribution in [3.05, 3.63) is 23.0 Å². The van der Waals surface area contributed by atoms with Crippen molar-refractivity contribution in [2.75, 3.05) is 13.1 Å². The number of amides is 1. The minimum absolute atomic E-state index is 0.0630. The fourth-order valence-corrected chi connectivity index (χ4v) is 2.64. The molecule has 1 aliphatic heterocycles. The van der Waals surface area contributed by atoms with E-state index in [4.69, 9.17) is 16.7 Å². The third-order valence-corrected chi connectivity index (χ3v) is 3.67. The van der Waals surface area contributed by atoms with Crippen LogP contribution < -0.4 is 0 Å². The van der Waals surface area contributed by atoms with Gasteiger partial charge in [0.2, 0.25) is 0 Å². The van der Waals surface area contributed by atoms with Gasteiger partial charge in [0, 0.05) is 25.7 Å². The van der Waals surface area contributed by atoms with Crippen LogP contribution >= 0.6 is 11.6 Å². The van der Waals surface area contributed by atoms with E-state index in [-0.39, 0.29) is 18.2 Å². The minimum Gasteiger partial charge on any atom is -0.481 e. The van der Waals surface area contributed by atoms with Gasteiger partial charge in [0.1, 0.15) is 5.69 Å². The molecule has 5 nitrogen and oxygen atoms in total. The van der Waals surface area contributed by atoms with Gasteiger partial charge in [-0.05, 0) is 31.2 Å². The summed E-state index contributed by atoms with van der Waals surface area (Å²) in [5, 5.41) is 9.22. The van der Waals surface area contributed by atoms with Crippen molar-refractivity contribution in [1.82, 2.24) is 9.88 Å². The van der Waals surface area contributed by atoms with Gasteiger partial charge in [-0.2, -0.15) is 0 Å². The molecule has 6 heteroatoms. The molecule has 0 radical (unpaired) electrons. The van der Waals surface area contributed by atoms with Crippen LogP contribution in [0.25, 0.3) is 0 Å². The van der Waals surface area contributed by atoms with Crippen molar-refractivity contribution in [2.24, 2.45) is 5.92 Å². The van der Waals surface area contributed by atoms with E-state index in [0.717, 1.165) is 19.4 Å². The van der Waals surface area contributed by atoms with E-state index in [1.807, 2.05) is 0 Å². The number of nitrogens with one attached hydrogen (secondary N) is 1. The Hall–Kier alpha value is -1.49. The average molecular weight is 285 g/mol. The van der Waals surface area contributed by atoms with Crippen LogP contribution in [0.1, 0.15) is 36.2 Å². The number of carbonyl (C=O) groups is 2. The molecule has 1 aromatic rings. The Morgan fingerprint density at radius 2 is 2.32 bits per heavy atom. The molecule has 2 N–H and O–H groups in total. The lowest BCUT2D eigenvalue weighted by Crippen LogP contribution is -2.40. The number of likely N-dealkylation sites (tertiary alicyclic amines) is 1. The highest BCUT2D eigenvalue weighted by atomic mass is 35.5. The second-order valence-electron chi connectivity index (χ2n) is 4.92. The van der Waals surface area contributed by atoms with Gasteiger partial charge in [-0.15, -0.1) is 0 Å². The highest BCUT2D eigenvalue weighted by Gasteiger charge is 2.25. The Morgan fingerprint density at radius 1 is 1.53 bits per heavy atom. The van der Waals surface area contributed by atoms with E-state index in [1.54, 1.807) is 17.2 Å². The quantitative estimate of drug-likeness (QED) is 0.891. The Labute approximate surface area is 116 Å². The minimum atomic E-state index is -0.778. The highest BCUT2D eigenvalue weighted by molar-refractivity contribution is 6.30. The van der Waals surface area contributed by atoms with Crippen LogP contribution in [0.15, 0.2) is 12.3 Å². The molecule has 0 aliphatic carbocycles. The Balaban J connectivity index is 1.93. The standard InChI is InChI=1S/C13H17ClN2O3/c14-10-6-11(15-7-10)13(19)16-5-1-2-9(8-16)3-4-12(17)18/h6-7,9,15H,1-5,8H2,(H,17,18)/t9-/m1/s1. The largest absolute Gasteiger partial charge is 0.481 e. The highest BCUT2D eigenvalue weighted by Crippen LogP contribution is 2.22. The van der Waals surface area contributed by atoms with Gasteiger partial charge in [-0.3, -0.25) is 9.59 Å². The number of carboxylic acids is 1. The number of rotatable bonds is 4. The van der Waals surface area contributed by atoms with E-state index in [1.165, 1.54) is 0 Å². The van der Waals surface area contributed by atoms with Gasteiger partial charge in [0.05, 0.1) is 5.02 Å². The number of H-pyrrole nitrogens is 1. The van der Waals surface area contributed by atoms with Gasteiger partial charge in [-0.1, -0.05) is 11.6 Å². The second-order valence-corrected chi connectivity index (χ2v) is 5.36. The molecule has 2 rings (SSSR count). The normalized spacial score (nSPS) is 19.4. The predicted octanol–water partition coefficient (Wildman–Crippen LogP) is 2.39. The molecular formula is C13H17ClN2O3. The molecular weight excluding hydrogens is 268 g/mol. The summed E-state index contributed by atoms with van der Waals surface area (Å²) in [5.74, 6) is -0.564. The summed E-state index contributed by atoms with van der Waals surface area (Å²) < 4.78 is 0. The lowest BCUT2D eigenvalue weighted by molar-refractivity contribution is -0.137. The maximum atomic E-state index is 12.2. The summed E-state index contributed by atoms with van der Waals surface area (Å²) in [5.41, 5.74) is 0.490. The van der Waals surface area contributed by atoms with E-state index in [2.05, 4.69) is 4.98 Å². The van der Waals surface area contributed by atoms with Gasteiger partial charge in [0.15, 0.2) is 0 Å². The van der Waals surface area contributed by atoms with Crippen molar-refractivity contribution in [3.8, 4) is 0 Å². The lowest BCUT2D eigenvalue weighted by atomic mass is 9.93. The topological polar surface area (TPSA) is 73.4 Å². The molecule has 0 saturated carbocycles. The van der Waals surface area contributed by atoms with Gasteiger partial charge >= 0.3 is 5.97 Å². The number of nitrogens with zero attached hydrogens (tertiary/aromatic N) is 1. The van der Waals surface area contributed by atoms with Crippen LogP contribution in [0, 0.1) is 5.92 Å². The predicted molar refractivity (Wildman–Crippen MR) is 71.3 cm³/mol. The first kappa shape index (κ1) is 13.9. The Bertz CT molecular complexity index is 472. The lowest BCUT2D eigenvalue weighted by Gasteiger charge is -2.32. The van der Waals surface area contributed by atoms with Crippen molar-refractivity contribution in [3.63, 3.8) is 0 Å². The summed E-state index contributed by atoms with van der Waals surface area (Å²) in [4.78, 5) is 27.4. The first-order valence-electron chi connectivity index (χ1n) is 6.41. The molecule has 1 fully saturated rings. The van der Waals surface area contributed by atoms with Crippen LogP contribution in [0.5, 0.6) is 0 Å². The average Bonchev–Trinajstić information content (AvgIpc) is 2.82. The van der Waals surface area contributed by atoms with Crippen LogP contribution in [-0.2, 0) is 4.79 Å². The second kappa shape index (κ2) is 6.10. The fourth-order valence-electron chi connectivity index (χ4n) is 2.47. The zero-order valence-electron chi connectivity index (χ0n) is 10.6. The zero-order valence-corrected chi connectivity index (χ0v) is 11.3. The number of hydrogen-bond donors (Lipinski definition) is 2. The van der Waals surface area contributed by atoms with E-state index in [9.17, 15) is 9.59 Å². The number of aliphatic carboxylic acids is 1. The number of carboxylic acid groups (broad SMARTS) is 1. The van der Waals surface area contributed by atoms with Crippen LogP contribution in [0.4, 0.5) is 0 Å². The van der Waals surface area contributed by atoms with Crippen molar-refractivity contribution < 1.29 is 14.7 Å². The molecule has 0 unspecified atom stereocenters. The third-order valence-electron chi connectivity index (χ3n) is 3.45. The maximum absolute atomic E-state index is 12.2. The molecule has 0 bridgehead atoms. The molecule has 104 valence electrons. The Kier molecular flexibility index (Phi) is 4.47. The van der Waals surface area contributed by atoms with Crippen LogP contribution in [-0.4, -0.2) is 40.0 Å². The van der Waals surface area contributed by atoms with Crippen LogP contribution in [0.2, 0.25) is 5.02 Å². The zero-order chi connectivity index (χ0) is 13.8. The molecule has 1 amide bonds. The summed E-state index contributed by atoms with van der Waals surface area (Å²) in [7, 11) is 0. The molecule has 0 aromatic carbocycles. The van der Waals surface area contributed by atoms with Gasteiger partial charge in [0.25, 0.3) is 5.91 Å². The molecule has 1 aromatic heterocycles. The van der Waals surface area contributed by atoms with E-state index in [0.29, 0.717) is 23.7 Å².